The fourth-order valence-corrected chi connectivity index (χ4v) is 10.5. The van der Waals surface area contributed by atoms with Crippen molar-refractivity contribution in [2.45, 2.75) is 317 Å². The Kier molecular flexibility index (Phi) is 40.2. The van der Waals surface area contributed by atoms with Crippen LogP contribution in [0.3, 0.4) is 0 Å². The van der Waals surface area contributed by atoms with Gasteiger partial charge in [-0.15, -0.1) is 0 Å². The van der Waals surface area contributed by atoms with Gasteiger partial charge in [0.25, 0.3) is 0 Å². The molecule has 3 fully saturated rings. The number of nitrogens with one attached hydrogen (secondary N) is 1. The standard InChI is InChI=1S/C61H111NO18/c1-3-5-7-9-11-13-15-17-19-20-21-22-23-25-27-29-31-33-35-37-39-49(67)62-44(45(66)38-36-34-32-30-28-26-24-18-16-14-12-10-8-6-4-2)43-75-59-55(73)52(70)57(47(41-64)77-59)80-61-56(74)53(71)58(48(42-65)78-61)79-60-54(72)51(69)50(68)46(40-63)76-60/h16,18,28,30,36,38,44-48,50-61,63-66,68-74H,3-15,17,19-27,29,31-35,37,39-43H2,1-2H3,(H,62,67)/b18-16+,30-28+,38-36+. The molecule has 3 aliphatic heterocycles. The van der Waals surface area contributed by atoms with Crippen molar-refractivity contribution in [3.8, 4) is 0 Å². The number of aliphatic hydroxyl groups is 11. The van der Waals surface area contributed by atoms with E-state index in [-0.39, 0.29) is 18.9 Å². The first kappa shape index (κ1) is 72.3. The van der Waals surface area contributed by atoms with E-state index in [1.807, 2.05) is 6.08 Å². The second-order valence-electron chi connectivity index (χ2n) is 22.5. The van der Waals surface area contributed by atoms with Crippen molar-refractivity contribution in [1.82, 2.24) is 5.32 Å². The summed E-state index contributed by atoms with van der Waals surface area (Å²) < 4.78 is 34.2. The molecule has 3 saturated heterocycles. The lowest BCUT2D eigenvalue weighted by Crippen LogP contribution is -2.66. The van der Waals surface area contributed by atoms with E-state index in [1.165, 1.54) is 135 Å². The lowest BCUT2D eigenvalue weighted by Gasteiger charge is -2.48. The maximum atomic E-state index is 13.3. The monoisotopic (exact) mass is 1150 g/mol. The number of ether oxygens (including phenoxy) is 6. The van der Waals surface area contributed by atoms with Crippen LogP contribution in [0.2, 0.25) is 0 Å². The molecule has 17 unspecified atom stereocenters. The van der Waals surface area contributed by atoms with Gasteiger partial charge in [-0.3, -0.25) is 4.79 Å². The predicted molar refractivity (Wildman–Crippen MR) is 305 cm³/mol. The van der Waals surface area contributed by atoms with Gasteiger partial charge in [-0.1, -0.05) is 198 Å². The van der Waals surface area contributed by atoms with E-state index in [0.717, 1.165) is 44.9 Å². The van der Waals surface area contributed by atoms with Gasteiger partial charge in [-0.2, -0.15) is 0 Å². The van der Waals surface area contributed by atoms with Crippen molar-refractivity contribution >= 4 is 5.91 Å². The van der Waals surface area contributed by atoms with Crippen molar-refractivity contribution < 1.29 is 89.4 Å². The van der Waals surface area contributed by atoms with Crippen LogP contribution in [-0.4, -0.2) is 193 Å². The predicted octanol–water partition coefficient (Wildman–Crippen LogP) is 6.10. The van der Waals surface area contributed by atoms with Gasteiger partial charge in [0.2, 0.25) is 5.91 Å². The van der Waals surface area contributed by atoms with Gasteiger partial charge in [0.15, 0.2) is 18.9 Å². The van der Waals surface area contributed by atoms with Crippen LogP contribution in [0.1, 0.15) is 213 Å². The Balaban J connectivity index is 1.49. The molecule has 468 valence electrons. The topological polar surface area (TPSA) is 307 Å². The van der Waals surface area contributed by atoms with E-state index in [1.54, 1.807) is 6.08 Å². The second-order valence-corrected chi connectivity index (χ2v) is 22.5. The summed E-state index contributed by atoms with van der Waals surface area (Å²) in [6, 6.07) is -0.992. The van der Waals surface area contributed by atoms with Gasteiger partial charge in [0, 0.05) is 6.42 Å². The molecule has 19 nitrogen and oxygen atoms in total. The van der Waals surface area contributed by atoms with Crippen LogP contribution in [-0.2, 0) is 33.2 Å². The summed E-state index contributed by atoms with van der Waals surface area (Å²) in [5.74, 6) is -0.288. The lowest BCUT2D eigenvalue weighted by molar-refractivity contribution is -0.379. The van der Waals surface area contributed by atoms with E-state index in [0.29, 0.717) is 12.8 Å². The van der Waals surface area contributed by atoms with Crippen molar-refractivity contribution in [2.24, 2.45) is 0 Å². The van der Waals surface area contributed by atoms with Crippen LogP contribution >= 0.6 is 0 Å². The van der Waals surface area contributed by atoms with E-state index in [9.17, 15) is 61.0 Å². The number of amides is 1. The van der Waals surface area contributed by atoms with E-state index >= 15 is 0 Å². The largest absolute Gasteiger partial charge is 0.394 e. The van der Waals surface area contributed by atoms with Crippen molar-refractivity contribution in [3.05, 3.63) is 36.5 Å². The third-order valence-electron chi connectivity index (χ3n) is 15.7. The van der Waals surface area contributed by atoms with Crippen LogP contribution in [0.4, 0.5) is 0 Å². The van der Waals surface area contributed by atoms with E-state index in [4.69, 9.17) is 28.4 Å². The summed E-state index contributed by atoms with van der Waals surface area (Å²) in [5.41, 5.74) is 0. The molecule has 0 aromatic rings. The van der Waals surface area contributed by atoms with E-state index < -0.39 is 124 Å². The molecule has 0 aromatic carbocycles. The summed E-state index contributed by atoms with van der Waals surface area (Å²) in [6.45, 7) is 1.69. The Bertz CT molecular complexity index is 1600. The molecule has 0 saturated carbocycles. The summed E-state index contributed by atoms with van der Waals surface area (Å²) >= 11 is 0. The molecule has 80 heavy (non-hydrogen) atoms. The minimum absolute atomic E-state index is 0.235. The summed E-state index contributed by atoms with van der Waals surface area (Å²) in [4.78, 5) is 13.3. The summed E-state index contributed by atoms with van der Waals surface area (Å²) in [7, 11) is 0. The van der Waals surface area contributed by atoms with Crippen LogP contribution in [0.15, 0.2) is 36.5 Å². The number of rotatable bonds is 46. The van der Waals surface area contributed by atoms with E-state index in [2.05, 4.69) is 43.5 Å². The van der Waals surface area contributed by atoms with Gasteiger partial charge in [-0.05, 0) is 44.9 Å². The molecule has 0 spiro atoms. The molecule has 1 amide bonds. The van der Waals surface area contributed by atoms with Gasteiger partial charge in [-0.25, -0.2) is 0 Å². The Labute approximate surface area is 479 Å². The van der Waals surface area contributed by atoms with Crippen molar-refractivity contribution in [2.75, 3.05) is 26.4 Å². The average Bonchev–Trinajstić information content (AvgIpc) is 3.51. The van der Waals surface area contributed by atoms with Gasteiger partial charge >= 0.3 is 0 Å². The Morgan fingerprint density at radius 1 is 0.438 bits per heavy atom. The zero-order chi connectivity index (χ0) is 58.3. The maximum Gasteiger partial charge on any atom is 0.220 e. The highest BCUT2D eigenvalue weighted by Crippen LogP contribution is 2.33. The maximum absolute atomic E-state index is 13.3. The zero-order valence-corrected chi connectivity index (χ0v) is 48.8. The Hall–Kier alpha value is -1.99. The highest BCUT2D eigenvalue weighted by molar-refractivity contribution is 5.76. The highest BCUT2D eigenvalue weighted by atomic mass is 16.8. The summed E-state index contributed by atoms with van der Waals surface area (Å²) in [5, 5.41) is 120. The molecule has 0 bridgehead atoms. The smallest absolute Gasteiger partial charge is 0.220 e. The SMILES string of the molecule is CCCCCCC/C=C/CC/C=C/CC/C=C/C(O)C(COC1OC(CO)C(OC2OC(CO)C(OC3OC(CO)C(O)C(O)C3O)C(O)C2O)C(O)C1O)NC(=O)CCCCCCCCCCCCCCCCCCCCCC. The fraction of sp³-hybridized carbons (Fsp3) is 0.885. The van der Waals surface area contributed by atoms with Gasteiger partial charge in [0.05, 0.1) is 38.6 Å². The zero-order valence-electron chi connectivity index (χ0n) is 48.8. The van der Waals surface area contributed by atoms with Crippen LogP contribution in [0, 0.1) is 0 Å². The molecule has 17 atom stereocenters. The molecular formula is C61H111NO18. The van der Waals surface area contributed by atoms with Crippen LogP contribution in [0.25, 0.3) is 0 Å². The van der Waals surface area contributed by atoms with Crippen molar-refractivity contribution in [1.29, 1.82) is 0 Å². The molecular weight excluding hydrogens is 1030 g/mol. The minimum Gasteiger partial charge on any atom is -0.394 e. The van der Waals surface area contributed by atoms with Crippen molar-refractivity contribution in [3.63, 3.8) is 0 Å². The first-order chi connectivity index (χ1) is 38.8. The third kappa shape index (κ3) is 27.8. The average molecular weight is 1150 g/mol. The van der Waals surface area contributed by atoms with Gasteiger partial charge in [0.1, 0.15) is 73.2 Å². The first-order valence-electron chi connectivity index (χ1n) is 31.2. The number of hydrogen-bond donors (Lipinski definition) is 12. The molecule has 0 aliphatic carbocycles. The quantitative estimate of drug-likeness (QED) is 0.0242. The number of unbranched alkanes of at least 4 members (excludes halogenated alkanes) is 26. The molecule has 0 aromatic heterocycles. The molecule has 3 aliphatic rings. The lowest BCUT2D eigenvalue weighted by atomic mass is 9.96. The molecule has 0 radical (unpaired) electrons. The molecule has 3 rings (SSSR count). The van der Waals surface area contributed by atoms with Gasteiger partial charge < -0.3 is 89.9 Å². The highest BCUT2D eigenvalue weighted by Gasteiger charge is 2.53. The van der Waals surface area contributed by atoms with Crippen LogP contribution in [0.5, 0.6) is 0 Å². The second kappa shape index (κ2) is 44.5. The number of aliphatic hydroxyl groups excluding tert-OH is 11. The number of carbonyl (C=O) groups excluding carboxylic acids is 1. The fourth-order valence-electron chi connectivity index (χ4n) is 10.5. The number of allylic oxidation sites excluding steroid dienone is 5. The van der Waals surface area contributed by atoms with Crippen LogP contribution < -0.4 is 5.32 Å². The normalized spacial score (nSPS) is 30.2. The molecule has 12 N–H and O–H groups in total. The number of hydrogen-bond acceptors (Lipinski definition) is 18. The third-order valence-corrected chi connectivity index (χ3v) is 15.7. The summed E-state index contributed by atoms with van der Waals surface area (Å²) in [6.07, 6.45) is 21.3. The molecule has 3 heterocycles. The Morgan fingerprint density at radius 2 is 0.800 bits per heavy atom. The first-order valence-corrected chi connectivity index (χ1v) is 31.2. The number of carbonyl (C=O) groups is 1. The minimum atomic E-state index is -1.98. The molecule has 19 heteroatoms. The Morgan fingerprint density at radius 3 is 1.25 bits per heavy atom.